The minimum Gasteiger partial charge on any atom is -0.459 e. The summed E-state index contributed by atoms with van der Waals surface area (Å²) in [6.07, 6.45) is 1.78. The van der Waals surface area contributed by atoms with Gasteiger partial charge in [0, 0.05) is 37.2 Å². The van der Waals surface area contributed by atoms with Crippen molar-refractivity contribution in [3.63, 3.8) is 0 Å². The molecule has 5 rings (SSSR count). The number of anilines is 2. The Hall–Kier alpha value is -3.71. The second kappa shape index (κ2) is 8.67. The van der Waals surface area contributed by atoms with Gasteiger partial charge >= 0.3 is 0 Å². The van der Waals surface area contributed by atoms with E-state index in [-0.39, 0.29) is 17.9 Å². The number of halogens is 1. The highest BCUT2D eigenvalue weighted by Gasteiger charge is 2.42. The second-order valence-corrected chi connectivity index (χ2v) is 8.50. The van der Waals surface area contributed by atoms with Crippen LogP contribution < -0.4 is 15.1 Å². The van der Waals surface area contributed by atoms with Crippen LogP contribution in [0.15, 0.2) is 89.5 Å². The quantitative estimate of drug-likeness (QED) is 0.386. The normalized spacial score (nSPS) is 17.8. The molecule has 2 aromatic heterocycles. The van der Waals surface area contributed by atoms with E-state index in [1.807, 2.05) is 44.4 Å². The molecule has 3 heterocycles. The van der Waals surface area contributed by atoms with Crippen LogP contribution in [0.25, 0.3) is 11.3 Å². The number of aromatic nitrogens is 1. The molecule has 0 bridgehead atoms. The summed E-state index contributed by atoms with van der Waals surface area (Å²) in [5.74, 6) is 1.14. The van der Waals surface area contributed by atoms with Crippen LogP contribution in [0.4, 0.5) is 15.8 Å². The number of pyridine rings is 1. The van der Waals surface area contributed by atoms with Gasteiger partial charge in [-0.2, -0.15) is 0 Å². The van der Waals surface area contributed by atoms with Gasteiger partial charge in [-0.25, -0.2) is 4.39 Å². The van der Waals surface area contributed by atoms with Gasteiger partial charge in [-0.1, -0.05) is 6.07 Å². The number of nitrogens with one attached hydrogen (secondary N) is 1. The zero-order chi connectivity index (χ0) is 22.9. The molecule has 1 aliphatic rings. The lowest BCUT2D eigenvalue weighted by molar-refractivity contribution is 0.439. The van der Waals surface area contributed by atoms with Gasteiger partial charge < -0.3 is 19.5 Å². The van der Waals surface area contributed by atoms with E-state index >= 15 is 0 Å². The monoisotopic (exact) mass is 458 g/mol. The van der Waals surface area contributed by atoms with Crippen molar-refractivity contribution in [3.05, 3.63) is 102 Å². The van der Waals surface area contributed by atoms with Gasteiger partial charge in [0.1, 0.15) is 23.4 Å². The maximum atomic E-state index is 13.4. The van der Waals surface area contributed by atoms with Crippen molar-refractivity contribution < 1.29 is 8.81 Å². The average Bonchev–Trinajstić information content (AvgIpc) is 3.45. The zero-order valence-electron chi connectivity index (χ0n) is 18.3. The van der Waals surface area contributed by atoms with E-state index in [0.29, 0.717) is 10.9 Å². The zero-order valence-corrected chi connectivity index (χ0v) is 19.1. The molecular formula is C26H23FN4OS. The van der Waals surface area contributed by atoms with Crippen LogP contribution in [0.1, 0.15) is 23.5 Å². The van der Waals surface area contributed by atoms with Crippen molar-refractivity contribution in [3.8, 4) is 11.3 Å². The molecule has 1 fully saturated rings. The standard InChI is InChI=1S/C26H23FN4OS/c1-30(2)19-10-12-20(13-11-19)31-25(24(29-26(31)33)21-5-3-4-16-28-21)23-15-14-22(32-23)17-6-8-18(27)9-7-17/h3-16,24-25H,1-2H3,(H,29,33). The highest BCUT2D eigenvalue weighted by molar-refractivity contribution is 7.80. The molecule has 5 nitrogen and oxygen atoms in total. The van der Waals surface area contributed by atoms with Gasteiger partial charge in [0.05, 0.1) is 11.7 Å². The number of hydrogen-bond donors (Lipinski definition) is 1. The summed E-state index contributed by atoms with van der Waals surface area (Å²) in [6.45, 7) is 0. The van der Waals surface area contributed by atoms with Crippen LogP contribution in [-0.4, -0.2) is 24.2 Å². The van der Waals surface area contributed by atoms with Crippen molar-refractivity contribution in [2.24, 2.45) is 0 Å². The molecule has 0 aliphatic carbocycles. The van der Waals surface area contributed by atoms with Crippen molar-refractivity contribution in [2.45, 2.75) is 12.1 Å². The Morgan fingerprint density at radius 3 is 2.39 bits per heavy atom. The highest BCUT2D eigenvalue weighted by Crippen LogP contribution is 2.43. The Morgan fingerprint density at radius 2 is 1.73 bits per heavy atom. The van der Waals surface area contributed by atoms with Crippen LogP contribution in [0.2, 0.25) is 0 Å². The van der Waals surface area contributed by atoms with Crippen molar-refractivity contribution >= 4 is 28.7 Å². The highest BCUT2D eigenvalue weighted by atomic mass is 32.1. The molecular weight excluding hydrogens is 435 g/mol. The summed E-state index contributed by atoms with van der Waals surface area (Å²) in [4.78, 5) is 8.70. The SMILES string of the molecule is CN(C)c1ccc(N2C(=S)NC(c3ccccn3)C2c2ccc(-c3ccc(F)cc3)o2)cc1. The van der Waals surface area contributed by atoms with E-state index in [1.54, 1.807) is 18.3 Å². The van der Waals surface area contributed by atoms with Crippen LogP contribution in [-0.2, 0) is 0 Å². The molecule has 2 atom stereocenters. The number of rotatable bonds is 5. The molecule has 7 heteroatoms. The molecule has 0 saturated carbocycles. The number of benzene rings is 2. The van der Waals surface area contributed by atoms with Gasteiger partial charge in [0.25, 0.3) is 0 Å². The Kier molecular flexibility index (Phi) is 5.56. The number of nitrogens with zero attached hydrogens (tertiary/aromatic N) is 3. The first-order valence-electron chi connectivity index (χ1n) is 10.6. The maximum absolute atomic E-state index is 13.4. The molecule has 4 aromatic rings. The van der Waals surface area contributed by atoms with E-state index in [1.165, 1.54) is 12.1 Å². The maximum Gasteiger partial charge on any atom is 0.174 e. The van der Waals surface area contributed by atoms with E-state index in [4.69, 9.17) is 16.6 Å². The summed E-state index contributed by atoms with van der Waals surface area (Å²) in [6, 6.07) is 23.8. The third-order valence-corrected chi connectivity index (χ3v) is 6.10. The first kappa shape index (κ1) is 21.2. The van der Waals surface area contributed by atoms with E-state index in [2.05, 4.69) is 44.4 Å². The molecule has 1 N–H and O–H groups in total. The molecule has 0 radical (unpaired) electrons. The third kappa shape index (κ3) is 4.07. The minimum atomic E-state index is -0.279. The Balaban J connectivity index is 1.57. The number of hydrogen-bond acceptors (Lipinski definition) is 4. The number of furan rings is 1. The van der Waals surface area contributed by atoms with Crippen molar-refractivity contribution in [1.29, 1.82) is 0 Å². The van der Waals surface area contributed by atoms with E-state index in [9.17, 15) is 4.39 Å². The molecule has 1 saturated heterocycles. The summed E-state index contributed by atoms with van der Waals surface area (Å²) in [7, 11) is 4.02. The molecule has 2 aromatic carbocycles. The summed E-state index contributed by atoms with van der Waals surface area (Å²) in [5.41, 5.74) is 3.75. The topological polar surface area (TPSA) is 44.5 Å². The first-order chi connectivity index (χ1) is 16.0. The first-order valence-corrected chi connectivity index (χ1v) is 11.1. The van der Waals surface area contributed by atoms with Crippen LogP contribution in [0, 0.1) is 5.82 Å². The fraction of sp³-hybridized carbons (Fsp3) is 0.154. The van der Waals surface area contributed by atoms with Gasteiger partial charge in [0.2, 0.25) is 0 Å². The van der Waals surface area contributed by atoms with Crippen LogP contribution in [0.5, 0.6) is 0 Å². The fourth-order valence-corrected chi connectivity index (χ4v) is 4.46. The molecule has 2 unspecified atom stereocenters. The fourth-order valence-electron chi connectivity index (χ4n) is 4.11. The smallest absolute Gasteiger partial charge is 0.174 e. The lowest BCUT2D eigenvalue weighted by Gasteiger charge is -2.26. The molecule has 33 heavy (non-hydrogen) atoms. The molecule has 166 valence electrons. The molecule has 0 amide bonds. The van der Waals surface area contributed by atoms with Gasteiger partial charge in [-0.05, 0) is 85.0 Å². The summed E-state index contributed by atoms with van der Waals surface area (Å²) < 4.78 is 19.7. The average molecular weight is 459 g/mol. The number of thiocarbonyl (C=S) groups is 1. The van der Waals surface area contributed by atoms with E-state index in [0.717, 1.165) is 28.4 Å². The van der Waals surface area contributed by atoms with Gasteiger partial charge in [-0.15, -0.1) is 0 Å². The predicted octanol–water partition coefficient (Wildman–Crippen LogP) is 5.72. The van der Waals surface area contributed by atoms with Crippen LogP contribution in [0.3, 0.4) is 0 Å². The second-order valence-electron chi connectivity index (χ2n) is 8.12. The van der Waals surface area contributed by atoms with Gasteiger partial charge in [-0.3, -0.25) is 4.98 Å². The summed E-state index contributed by atoms with van der Waals surface area (Å²) in [5, 5.41) is 4.04. The lowest BCUT2D eigenvalue weighted by atomic mass is 10.0. The van der Waals surface area contributed by atoms with E-state index < -0.39 is 0 Å². The minimum absolute atomic E-state index is 0.195. The van der Waals surface area contributed by atoms with Crippen molar-refractivity contribution in [2.75, 3.05) is 23.9 Å². The molecule has 1 aliphatic heterocycles. The summed E-state index contributed by atoms with van der Waals surface area (Å²) >= 11 is 5.77. The predicted molar refractivity (Wildman–Crippen MR) is 133 cm³/mol. The van der Waals surface area contributed by atoms with Crippen LogP contribution >= 0.6 is 12.2 Å². The Labute approximate surface area is 197 Å². The Morgan fingerprint density at radius 1 is 0.970 bits per heavy atom. The van der Waals surface area contributed by atoms with Crippen molar-refractivity contribution in [1.82, 2.24) is 10.3 Å². The largest absolute Gasteiger partial charge is 0.459 e. The molecule has 0 spiro atoms. The Bertz CT molecular complexity index is 1260. The third-order valence-electron chi connectivity index (χ3n) is 5.79. The lowest BCUT2D eigenvalue weighted by Crippen LogP contribution is -2.29. The van der Waals surface area contributed by atoms with Gasteiger partial charge in [0.15, 0.2) is 5.11 Å².